The van der Waals surface area contributed by atoms with Crippen LogP contribution in [0.4, 0.5) is 11.4 Å². The van der Waals surface area contributed by atoms with Crippen LogP contribution in [0.25, 0.3) is 0 Å². The van der Waals surface area contributed by atoms with E-state index in [4.69, 9.17) is 16.9 Å². The van der Waals surface area contributed by atoms with Gasteiger partial charge in [0.15, 0.2) is 11.6 Å². The largest absolute Gasteiger partial charge is 0.325 e. The number of amidine groups is 1. The van der Waals surface area contributed by atoms with Crippen LogP contribution in [0.3, 0.4) is 0 Å². The van der Waals surface area contributed by atoms with Crippen LogP contribution >= 0.6 is 11.6 Å². The Hall–Kier alpha value is -2.84. The highest BCUT2D eigenvalue weighted by molar-refractivity contribution is 6.43. The Morgan fingerprint density at radius 3 is 2.65 bits per heavy atom. The fourth-order valence-electron chi connectivity index (χ4n) is 1.99. The molecule has 2 rings (SSSR count). The van der Waals surface area contributed by atoms with Crippen molar-refractivity contribution < 1.29 is 4.79 Å². The topological polar surface area (TPSA) is 68.5 Å². The van der Waals surface area contributed by atoms with Gasteiger partial charge in [0, 0.05) is 24.7 Å². The number of nitrogens with zero attached hydrogens (tertiary/aromatic N) is 3. The fourth-order valence-corrected chi connectivity index (χ4v) is 2.17. The van der Waals surface area contributed by atoms with Crippen molar-refractivity contribution in [1.82, 2.24) is 0 Å². The molecule has 0 saturated carbocycles. The lowest BCUT2D eigenvalue weighted by Gasteiger charge is -2.20. The number of hydrogen-bond acceptors (Lipinski definition) is 4. The monoisotopic (exact) mass is 326 g/mol. The van der Waals surface area contributed by atoms with Crippen molar-refractivity contribution >= 4 is 34.6 Å². The average Bonchev–Trinajstić information content (AvgIpc) is 2.55. The standard InChI is InChI=1S/C17H15ClN4O/c1-12(23)17(22(2)15-8-5-7-14(18)10-15)21-20-16-9-4-3-6-13(16)11-19/h3-10,20H,1-2H3/b21-17+. The Morgan fingerprint density at radius 2 is 2.00 bits per heavy atom. The third-order valence-corrected chi connectivity index (χ3v) is 3.39. The molecule has 5 nitrogen and oxygen atoms in total. The van der Waals surface area contributed by atoms with Crippen molar-refractivity contribution in [1.29, 1.82) is 5.26 Å². The van der Waals surface area contributed by atoms with Crippen LogP contribution in [0.2, 0.25) is 5.02 Å². The first-order valence-electron chi connectivity index (χ1n) is 6.86. The van der Waals surface area contributed by atoms with Crippen molar-refractivity contribution in [3.05, 3.63) is 59.1 Å². The number of anilines is 2. The number of halogens is 1. The molecule has 0 aliphatic heterocycles. The van der Waals surface area contributed by atoms with Gasteiger partial charge in [-0.1, -0.05) is 29.8 Å². The van der Waals surface area contributed by atoms with Crippen LogP contribution in [-0.4, -0.2) is 18.7 Å². The number of nitrogens with one attached hydrogen (secondary N) is 1. The second-order valence-corrected chi connectivity index (χ2v) is 5.24. The van der Waals surface area contributed by atoms with E-state index in [1.54, 1.807) is 54.4 Å². The maximum atomic E-state index is 11.9. The van der Waals surface area contributed by atoms with E-state index in [-0.39, 0.29) is 11.6 Å². The van der Waals surface area contributed by atoms with Gasteiger partial charge < -0.3 is 4.90 Å². The van der Waals surface area contributed by atoms with Crippen LogP contribution in [-0.2, 0) is 4.79 Å². The molecule has 0 aliphatic carbocycles. The van der Waals surface area contributed by atoms with Crippen molar-refractivity contribution in [3.8, 4) is 6.07 Å². The number of carbonyl (C=O) groups is 1. The van der Waals surface area contributed by atoms with E-state index in [9.17, 15) is 4.79 Å². The minimum Gasteiger partial charge on any atom is -0.325 e. The third kappa shape index (κ3) is 4.09. The van der Waals surface area contributed by atoms with Gasteiger partial charge in [0.1, 0.15) is 6.07 Å². The SMILES string of the molecule is CC(=O)/C(=N\Nc1ccccc1C#N)N(C)c1cccc(Cl)c1. The Kier molecular flexibility index (Phi) is 5.34. The molecule has 23 heavy (non-hydrogen) atoms. The maximum Gasteiger partial charge on any atom is 0.196 e. The molecule has 6 heteroatoms. The molecular formula is C17H15ClN4O. The highest BCUT2D eigenvalue weighted by Crippen LogP contribution is 2.19. The number of nitriles is 1. The summed E-state index contributed by atoms with van der Waals surface area (Å²) in [6.45, 7) is 1.43. The van der Waals surface area contributed by atoms with Crippen LogP contribution < -0.4 is 10.3 Å². The molecule has 0 fully saturated rings. The fraction of sp³-hybridized carbons (Fsp3) is 0.118. The van der Waals surface area contributed by atoms with Crippen LogP contribution in [0.5, 0.6) is 0 Å². The Morgan fingerprint density at radius 1 is 1.26 bits per heavy atom. The summed E-state index contributed by atoms with van der Waals surface area (Å²) in [5, 5.41) is 13.8. The zero-order valence-electron chi connectivity index (χ0n) is 12.7. The molecule has 0 saturated heterocycles. The lowest BCUT2D eigenvalue weighted by Crippen LogP contribution is -2.33. The first-order valence-corrected chi connectivity index (χ1v) is 7.24. The Balaban J connectivity index is 2.31. The number of carbonyl (C=O) groups excluding carboxylic acids is 1. The molecule has 0 aromatic heterocycles. The molecule has 0 amide bonds. The number of ketones is 1. The van der Waals surface area contributed by atoms with E-state index in [1.165, 1.54) is 6.92 Å². The number of rotatable bonds is 4. The highest BCUT2D eigenvalue weighted by Gasteiger charge is 2.14. The van der Waals surface area contributed by atoms with Crippen LogP contribution in [0, 0.1) is 11.3 Å². The smallest absolute Gasteiger partial charge is 0.196 e. The quantitative estimate of drug-likeness (QED) is 0.529. The van der Waals surface area contributed by atoms with E-state index in [1.807, 2.05) is 6.07 Å². The van der Waals surface area contributed by atoms with Gasteiger partial charge in [-0.25, -0.2) is 0 Å². The third-order valence-electron chi connectivity index (χ3n) is 3.16. The summed E-state index contributed by atoms with van der Waals surface area (Å²) in [5.41, 5.74) is 4.50. The highest BCUT2D eigenvalue weighted by atomic mass is 35.5. The lowest BCUT2D eigenvalue weighted by molar-refractivity contribution is -0.111. The van der Waals surface area contributed by atoms with Crippen molar-refractivity contribution in [2.24, 2.45) is 5.10 Å². The van der Waals surface area contributed by atoms with Crippen molar-refractivity contribution in [2.75, 3.05) is 17.4 Å². The van der Waals surface area contributed by atoms with Crippen molar-refractivity contribution in [2.45, 2.75) is 6.92 Å². The molecule has 0 radical (unpaired) electrons. The van der Waals surface area contributed by atoms with Gasteiger partial charge in [0.2, 0.25) is 0 Å². The molecular weight excluding hydrogens is 312 g/mol. The summed E-state index contributed by atoms with van der Waals surface area (Å²) < 4.78 is 0. The lowest BCUT2D eigenvalue weighted by atomic mass is 10.2. The minimum absolute atomic E-state index is 0.208. The molecule has 2 aromatic carbocycles. The second-order valence-electron chi connectivity index (χ2n) is 4.80. The molecule has 0 spiro atoms. The maximum absolute atomic E-state index is 11.9. The predicted molar refractivity (Wildman–Crippen MR) is 92.8 cm³/mol. The zero-order valence-corrected chi connectivity index (χ0v) is 13.5. The van der Waals surface area contributed by atoms with E-state index in [0.717, 1.165) is 5.69 Å². The molecule has 0 bridgehead atoms. The van der Waals surface area contributed by atoms with Gasteiger partial charge in [-0.3, -0.25) is 10.2 Å². The molecule has 0 heterocycles. The van der Waals surface area contributed by atoms with Gasteiger partial charge in [-0.05, 0) is 30.3 Å². The summed E-state index contributed by atoms with van der Waals surface area (Å²) in [4.78, 5) is 13.5. The number of likely N-dealkylation sites (N-methyl/N-ethyl adjacent to an activating group) is 1. The van der Waals surface area contributed by atoms with Gasteiger partial charge in [0.25, 0.3) is 0 Å². The number of benzene rings is 2. The first-order chi connectivity index (χ1) is 11.0. The summed E-state index contributed by atoms with van der Waals surface area (Å²) in [7, 11) is 1.73. The van der Waals surface area contributed by atoms with Gasteiger partial charge >= 0.3 is 0 Å². The number of para-hydroxylation sites is 1. The number of Topliss-reactive ketones (excluding diaryl/α,β-unsaturated/α-hetero) is 1. The number of hydrazone groups is 1. The molecule has 0 unspecified atom stereocenters. The normalized spacial score (nSPS) is 10.8. The Labute approximate surface area is 139 Å². The van der Waals surface area contributed by atoms with Crippen LogP contribution in [0.15, 0.2) is 53.6 Å². The molecule has 1 N–H and O–H groups in total. The second kappa shape index (κ2) is 7.43. The summed E-state index contributed by atoms with van der Waals surface area (Å²) in [6.07, 6.45) is 0. The molecule has 0 aliphatic rings. The van der Waals surface area contributed by atoms with Gasteiger partial charge in [0.05, 0.1) is 11.3 Å². The summed E-state index contributed by atoms with van der Waals surface area (Å²) >= 11 is 5.98. The summed E-state index contributed by atoms with van der Waals surface area (Å²) in [6, 6.07) is 16.1. The van der Waals surface area contributed by atoms with Crippen LogP contribution in [0.1, 0.15) is 12.5 Å². The Bertz CT molecular complexity index is 795. The van der Waals surface area contributed by atoms with E-state index in [2.05, 4.69) is 16.6 Å². The van der Waals surface area contributed by atoms with Gasteiger partial charge in [-0.2, -0.15) is 10.4 Å². The molecule has 116 valence electrons. The van der Waals surface area contributed by atoms with E-state index in [0.29, 0.717) is 16.3 Å². The zero-order chi connectivity index (χ0) is 16.8. The summed E-state index contributed by atoms with van der Waals surface area (Å²) in [5.74, 6) is -0.00516. The molecule has 2 aromatic rings. The first kappa shape index (κ1) is 16.5. The van der Waals surface area contributed by atoms with Crippen molar-refractivity contribution in [3.63, 3.8) is 0 Å². The van der Waals surface area contributed by atoms with E-state index >= 15 is 0 Å². The average molecular weight is 327 g/mol. The van der Waals surface area contributed by atoms with E-state index < -0.39 is 0 Å². The molecule has 0 atom stereocenters. The predicted octanol–water partition coefficient (Wildman–Crippen LogP) is 3.66. The number of hydrogen-bond donors (Lipinski definition) is 1. The minimum atomic E-state index is -0.214. The van der Waals surface area contributed by atoms with Gasteiger partial charge in [-0.15, -0.1) is 0 Å².